The first-order valence-electron chi connectivity index (χ1n) is 6.87. The van der Waals surface area contributed by atoms with Gasteiger partial charge < -0.3 is 4.90 Å². The van der Waals surface area contributed by atoms with Gasteiger partial charge in [-0.2, -0.15) is 0 Å². The Balaban J connectivity index is 1.97. The minimum Gasteiger partial charge on any atom is -0.338 e. The van der Waals surface area contributed by atoms with Crippen molar-refractivity contribution in [3.05, 3.63) is 64.9 Å². The van der Waals surface area contributed by atoms with E-state index in [1.54, 1.807) is 42.3 Å². The van der Waals surface area contributed by atoms with Crippen molar-refractivity contribution in [2.75, 3.05) is 12.8 Å². The third-order valence-corrected chi connectivity index (χ3v) is 4.80. The number of halogens is 2. The molecule has 0 fully saturated rings. The number of thioether (sulfide) groups is 1. The van der Waals surface area contributed by atoms with E-state index in [0.717, 1.165) is 5.56 Å². The molecule has 2 aromatic rings. The summed E-state index contributed by atoms with van der Waals surface area (Å²) in [6, 6.07) is 13.8. The topological polar surface area (TPSA) is 20.3 Å². The summed E-state index contributed by atoms with van der Waals surface area (Å²) in [7, 11) is 1.75. The Kier molecular flexibility index (Phi) is 5.86. The number of nitrogens with zero attached hydrogens (tertiary/aromatic N) is 1. The summed E-state index contributed by atoms with van der Waals surface area (Å²) >= 11 is 7.08. The first kappa shape index (κ1) is 16.8. The fourth-order valence-electron chi connectivity index (χ4n) is 1.98. The van der Waals surface area contributed by atoms with Gasteiger partial charge in [-0.25, -0.2) is 4.39 Å². The van der Waals surface area contributed by atoms with Crippen LogP contribution in [0.1, 0.15) is 18.5 Å². The van der Waals surface area contributed by atoms with Crippen LogP contribution < -0.4 is 0 Å². The van der Waals surface area contributed by atoms with Crippen molar-refractivity contribution in [3.8, 4) is 0 Å². The van der Waals surface area contributed by atoms with Crippen LogP contribution >= 0.6 is 23.4 Å². The standard InChI is InChI=1S/C17H17ClFNOS/c1-12(13-7-9-14(18)10-8-13)20(2)17(21)11-22-16-6-4-3-5-15(16)19/h3-10,12H,11H2,1-2H3. The van der Waals surface area contributed by atoms with E-state index in [2.05, 4.69) is 0 Å². The molecule has 22 heavy (non-hydrogen) atoms. The van der Waals surface area contributed by atoms with Crippen molar-refractivity contribution in [3.63, 3.8) is 0 Å². The summed E-state index contributed by atoms with van der Waals surface area (Å²) in [5.41, 5.74) is 1.01. The zero-order valence-electron chi connectivity index (χ0n) is 12.4. The van der Waals surface area contributed by atoms with E-state index in [1.807, 2.05) is 19.1 Å². The molecule has 2 nitrogen and oxygen atoms in total. The lowest BCUT2D eigenvalue weighted by atomic mass is 10.1. The summed E-state index contributed by atoms with van der Waals surface area (Å²) in [6.45, 7) is 1.95. The minimum absolute atomic E-state index is 0.0456. The van der Waals surface area contributed by atoms with E-state index >= 15 is 0 Å². The van der Waals surface area contributed by atoms with Crippen LogP contribution in [0.15, 0.2) is 53.4 Å². The van der Waals surface area contributed by atoms with Crippen molar-refractivity contribution in [1.82, 2.24) is 4.90 Å². The second kappa shape index (κ2) is 7.65. The zero-order chi connectivity index (χ0) is 16.1. The van der Waals surface area contributed by atoms with Gasteiger partial charge in [0.25, 0.3) is 0 Å². The van der Waals surface area contributed by atoms with Gasteiger partial charge in [0.2, 0.25) is 5.91 Å². The van der Waals surface area contributed by atoms with Crippen LogP contribution in [0, 0.1) is 5.82 Å². The van der Waals surface area contributed by atoms with Gasteiger partial charge in [0, 0.05) is 17.0 Å². The van der Waals surface area contributed by atoms with Crippen LogP contribution in [0.25, 0.3) is 0 Å². The Morgan fingerprint density at radius 3 is 2.50 bits per heavy atom. The van der Waals surface area contributed by atoms with Crippen LogP contribution in [0.4, 0.5) is 4.39 Å². The molecule has 0 saturated heterocycles. The normalized spacial score (nSPS) is 12.0. The zero-order valence-corrected chi connectivity index (χ0v) is 14.0. The maximum Gasteiger partial charge on any atom is 0.233 e. The molecule has 0 radical (unpaired) electrons. The predicted molar refractivity (Wildman–Crippen MR) is 89.8 cm³/mol. The first-order chi connectivity index (χ1) is 10.5. The third kappa shape index (κ3) is 4.24. The number of hydrogen-bond acceptors (Lipinski definition) is 2. The van der Waals surface area contributed by atoms with Crippen LogP contribution in [0.2, 0.25) is 5.02 Å². The van der Waals surface area contributed by atoms with E-state index in [4.69, 9.17) is 11.6 Å². The SMILES string of the molecule is CC(c1ccc(Cl)cc1)N(C)C(=O)CSc1ccccc1F. The molecule has 5 heteroatoms. The van der Waals surface area contributed by atoms with Gasteiger partial charge in [-0.15, -0.1) is 11.8 Å². The van der Waals surface area contributed by atoms with Gasteiger partial charge in [-0.1, -0.05) is 35.9 Å². The molecule has 0 aliphatic rings. The van der Waals surface area contributed by atoms with Crippen molar-refractivity contribution in [1.29, 1.82) is 0 Å². The average molecular weight is 338 g/mol. The number of benzene rings is 2. The highest BCUT2D eigenvalue weighted by Gasteiger charge is 2.18. The predicted octanol–water partition coefficient (Wildman–Crippen LogP) is 4.79. The molecule has 116 valence electrons. The largest absolute Gasteiger partial charge is 0.338 e. The smallest absolute Gasteiger partial charge is 0.233 e. The molecular formula is C17H17ClFNOS. The van der Waals surface area contributed by atoms with E-state index < -0.39 is 0 Å². The molecule has 2 aromatic carbocycles. The molecule has 0 bridgehead atoms. The Morgan fingerprint density at radius 2 is 1.86 bits per heavy atom. The van der Waals surface area contributed by atoms with Crippen LogP contribution in [0.3, 0.4) is 0 Å². The fraction of sp³-hybridized carbons (Fsp3) is 0.235. The molecule has 0 spiro atoms. The van der Waals surface area contributed by atoms with Gasteiger partial charge in [-0.3, -0.25) is 4.79 Å². The summed E-state index contributed by atoms with van der Waals surface area (Å²) in [5, 5.41) is 0.667. The highest BCUT2D eigenvalue weighted by Crippen LogP contribution is 2.24. The fourth-order valence-corrected chi connectivity index (χ4v) is 2.97. The second-order valence-electron chi connectivity index (χ2n) is 4.95. The quantitative estimate of drug-likeness (QED) is 0.731. The number of carbonyl (C=O) groups excluding carboxylic acids is 1. The minimum atomic E-state index is -0.297. The molecule has 0 saturated carbocycles. The molecule has 2 rings (SSSR count). The van der Waals surface area contributed by atoms with E-state index in [-0.39, 0.29) is 23.5 Å². The molecule has 0 aliphatic heterocycles. The summed E-state index contributed by atoms with van der Waals surface area (Å²) in [5.74, 6) is -0.139. The second-order valence-corrected chi connectivity index (χ2v) is 6.40. The number of rotatable bonds is 5. The van der Waals surface area contributed by atoms with Crippen molar-refractivity contribution >= 4 is 29.3 Å². The van der Waals surface area contributed by atoms with Gasteiger partial charge in [0.1, 0.15) is 5.82 Å². The Bertz CT molecular complexity index is 647. The number of carbonyl (C=O) groups is 1. The van der Waals surface area contributed by atoms with Crippen molar-refractivity contribution < 1.29 is 9.18 Å². The Hall–Kier alpha value is -1.52. The van der Waals surface area contributed by atoms with Crippen LogP contribution in [-0.2, 0) is 4.79 Å². The molecular weight excluding hydrogens is 321 g/mol. The van der Waals surface area contributed by atoms with E-state index in [1.165, 1.54) is 17.8 Å². The molecule has 0 aliphatic carbocycles. The lowest BCUT2D eigenvalue weighted by molar-refractivity contribution is -0.128. The lowest BCUT2D eigenvalue weighted by Crippen LogP contribution is -2.31. The monoisotopic (exact) mass is 337 g/mol. The van der Waals surface area contributed by atoms with Gasteiger partial charge in [0.15, 0.2) is 0 Å². The lowest BCUT2D eigenvalue weighted by Gasteiger charge is -2.25. The summed E-state index contributed by atoms with van der Waals surface area (Å²) in [6.07, 6.45) is 0. The molecule has 1 atom stereocenters. The van der Waals surface area contributed by atoms with Gasteiger partial charge >= 0.3 is 0 Å². The highest BCUT2D eigenvalue weighted by molar-refractivity contribution is 8.00. The van der Waals surface area contributed by atoms with Gasteiger partial charge in [0.05, 0.1) is 11.8 Å². The molecule has 0 aromatic heterocycles. The summed E-state index contributed by atoms with van der Waals surface area (Å²) < 4.78 is 13.5. The molecule has 1 unspecified atom stereocenters. The maximum atomic E-state index is 13.5. The van der Waals surface area contributed by atoms with E-state index in [0.29, 0.717) is 9.92 Å². The van der Waals surface area contributed by atoms with Crippen LogP contribution in [-0.4, -0.2) is 23.6 Å². The molecule has 1 amide bonds. The van der Waals surface area contributed by atoms with E-state index in [9.17, 15) is 9.18 Å². The number of amides is 1. The van der Waals surface area contributed by atoms with Gasteiger partial charge in [-0.05, 0) is 36.8 Å². The third-order valence-electron chi connectivity index (χ3n) is 3.51. The summed E-state index contributed by atoms with van der Waals surface area (Å²) in [4.78, 5) is 14.4. The molecule has 0 N–H and O–H groups in total. The average Bonchev–Trinajstić information content (AvgIpc) is 2.53. The maximum absolute atomic E-state index is 13.5. The number of hydrogen-bond donors (Lipinski definition) is 0. The molecule has 0 heterocycles. The van der Waals surface area contributed by atoms with Crippen LogP contribution in [0.5, 0.6) is 0 Å². The first-order valence-corrected chi connectivity index (χ1v) is 8.24. The Morgan fingerprint density at radius 1 is 1.23 bits per heavy atom. The van der Waals surface area contributed by atoms with Crippen molar-refractivity contribution in [2.45, 2.75) is 17.9 Å². The Labute approximate surface area is 139 Å². The highest BCUT2D eigenvalue weighted by atomic mass is 35.5. The van der Waals surface area contributed by atoms with Crippen molar-refractivity contribution in [2.24, 2.45) is 0 Å².